The van der Waals surface area contributed by atoms with Crippen molar-refractivity contribution in [3.8, 4) is 11.1 Å². The summed E-state index contributed by atoms with van der Waals surface area (Å²) in [6.45, 7) is 1.69. The molecule has 6 heteroatoms. The van der Waals surface area contributed by atoms with Crippen LogP contribution < -0.4 is 16.4 Å². The first-order valence-corrected chi connectivity index (χ1v) is 8.42. The number of nitrogens with two attached hydrogens (primary N) is 2. The van der Waals surface area contributed by atoms with E-state index < -0.39 is 6.03 Å². The highest BCUT2D eigenvalue weighted by Gasteiger charge is 2.24. The van der Waals surface area contributed by atoms with Gasteiger partial charge in [-0.1, -0.05) is 30.3 Å². The molecule has 0 unspecified atom stereocenters. The normalized spacial score (nSPS) is 17.8. The van der Waals surface area contributed by atoms with Crippen molar-refractivity contribution < 1.29 is 4.79 Å². The number of piperidine rings is 1. The van der Waals surface area contributed by atoms with Crippen molar-refractivity contribution in [1.82, 2.24) is 9.55 Å². The second-order valence-corrected chi connectivity index (χ2v) is 6.42. The third-order valence-electron chi connectivity index (χ3n) is 4.69. The van der Waals surface area contributed by atoms with Gasteiger partial charge in [0.1, 0.15) is 0 Å². The van der Waals surface area contributed by atoms with E-state index in [0.717, 1.165) is 48.1 Å². The molecule has 2 aromatic heterocycles. The van der Waals surface area contributed by atoms with Crippen LogP contribution in [0.5, 0.6) is 0 Å². The van der Waals surface area contributed by atoms with Gasteiger partial charge < -0.3 is 16.4 Å². The van der Waals surface area contributed by atoms with Gasteiger partial charge in [-0.05, 0) is 18.4 Å². The first kappa shape index (κ1) is 15.7. The van der Waals surface area contributed by atoms with Crippen LogP contribution in [0.4, 0.5) is 10.5 Å². The van der Waals surface area contributed by atoms with Crippen LogP contribution in [0.15, 0.2) is 42.7 Å². The Hall–Kier alpha value is -2.86. The molecule has 1 fully saturated rings. The molecular formula is C19H20N5O. The molecule has 1 amide bonds. The molecule has 6 nitrogen and oxygen atoms in total. The van der Waals surface area contributed by atoms with E-state index in [1.165, 1.54) is 4.57 Å². The Balaban J connectivity index is 1.95. The Morgan fingerprint density at radius 1 is 1.28 bits per heavy atom. The van der Waals surface area contributed by atoms with E-state index in [0.29, 0.717) is 5.65 Å². The lowest BCUT2D eigenvalue weighted by molar-refractivity contribution is 0.251. The number of amides is 1. The molecule has 1 saturated heterocycles. The number of primary amides is 1. The number of aromatic nitrogens is 2. The van der Waals surface area contributed by atoms with Gasteiger partial charge in [-0.25, -0.2) is 9.78 Å². The fraction of sp³-hybridized carbons (Fsp3) is 0.263. The zero-order valence-corrected chi connectivity index (χ0v) is 13.9. The summed E-state index contributed by atoms with van der Waals surface area (Å²) < 4.78 is 1.33. The van der Waals surface area contributed by atoms with Crippen molar-refractivity contribution in [3.05, 3.63) is 48.8 Å². The first-order chi connectivity index (χ1) is 12.1. The van der Waals surface area contributed by atoms with Gasteiger partial charge in [0, 0.05) is 43.2 Å². The number of nitrogens with zero attached hydrogens (tertiary/aromatic N) is 3. The predicted octanol–water partition coefficient (Wildman–Crippen LogP) is 2.36. The number of carbonyl (C=O) groups is 1. The molecule has 1 radical (unpaired) electrons. The largest absolute Gasteiger partial charge is 0.369 e. The van der Waals surface area contributed by atoms with E-state index in [4.69, 9.17) is 11.5 Å². The van der Waals surface area contributed by atoms with Crippen LogP contribution in [0.1, 0.15) is 12.8 Å². The predicted molar refractivity (Wildman–Crippen MR) is 98.4 cm³/mol. The number of rotatable bonds is 2. The molecule has 1 aliphatic heterocycles. The average Bonchev–Trinajstić information content (AvgIpc) is 3.06. The fourth-order valence-electron chi connectivity index (χ4n) is 3.54. The molecule has 0 bridgehead atoms. The van der Waals surface area contributed by atoms with Crippen LogP contribution in [0.25, 0.3) is 22.2 Å². The molecule has 0 saturated carbocycles. The van der Waals surface area contributed by atoms with Crippen molar-refractivity contribution in [2.75, 3.05) is 18.0 Å². The Kier molecular flexibility index (Phi) is 3.89. The summed E-state index contributed by atoms with van der Waals surface area (Å²) in [7, 11) is 0. The highest BCUT2D eigenvalue weighted by Crippen LogP contribution is 2.37. The van der Waals surface area contributed by atoms with Crippen LogP contribution in [-0.2, 0) is 0 Å². The highest BCUT2D eigenvalue weighted by atomic mass is 16.2. The molecule has 0 aliphatic carbocycles. The number of carbonyl (C=O) groups excluding carboxylic acids is 1. The van der Waals surface area contributed by atoms with Crippen LogP contribution >= 0.6 is 0 Å². The smallest absolute Gasteiger partial charge is 0.324 e. The lowest BCUT2D eigenvalue weighted by Crippen LogP contribution is -2.43. The molecular weight excluding hydrogens is 314 g/mol. The molecule has 3 aromatic rings. The van der Waals surface area contributed by atoms with Gasteiger partial charge in [0.2, 0.25) is 0 Å². The van der Waals surface area contributed by atoms with E-state index >= 15 is 0 Å². The van der Waals surface area contributed by atoms with Crippen molar-refractivity contribution in [3.63, 3.8) is 0 Å². The van der Waals surface area contributed by atoms with Crippen molar-refractivity contribution in [2.24, 2.45) is 11.5 Å². The minimum Gasteiger partial charge on any atom is -0.369 e. The van der Waals surface area contributed by atoms with Crippen LogP contribution in [0.3, 0.4) is 0 Å². The molecule has 1 atom stereocenters. The molecule has 0 spiro atoms. The van der Waals surface area contributed by atoms with Gasteiger partial charge in [-0.2, -0.15) is 0 Å². The zero-order chi connectivity index (χ0) is 17.4. The van der Waals surface area contributed by atoms with Crippen molar-refractivity contribution in [2.45, 2.75) is 18.9 Å². The Bertz CT molecular complexity index is 918. The van der Waals surface area contributed by atoms with Crippen LogP contribution in [-0.4, -0.2) is 34.7 Å². The number of hydrogen-bond donors (Lipinski definition) is 2. The topological polar surface area (TPSA) is 90.2 Å². The minimum atomic E-state index is -0.562. The highest BCUT2D eigenvalue weighted by molar-refractivity contribution is 6.01. The monoisotopic (exact) mass is 334 g/mol. The quantitative estimate of drug-likeness (QED) is 0.753. The Morgan fingerprint density at radius 2 is 2.08 bits per heavy atom. The molecule has 1 aliphatic rings. The molecule has 1 aromatic carbocycles. The standard InChI is InChI=1S/C19H20N5O/c20-14-7-4-9-23(12-14)17-15-8-10-24(19(21)25)18(15)22-11-16(17)13-5-2-1-3-6-13/h1-3,5-6,10-11,14H,4,7,9,12,20H2,(H2,21,25)/t14-/m1/s1. The summed E-state index contributed by atoms with van der Waals surface area (Å²) in [5.41, 5.74) is 15.3. The summed E-state index contributed by atoms with van der Waals surface area (Å²) in [5.74, 6) is 0. The molecule has 4 N–H and O–H groups in total. The summed E-state index contributed by atoms with van der Waals surface area (Å²) in [6, 6.07) is 12.9. The molecule has 3 heterocycles. The second-order valence-electron chi connectivity index (χ2n) is 6.42. The number of fused-ring (bicyclic) bond motifs is 1. The van der Waals surface area contributed by atoms with Gasteiger partial charge in [-0.3, -0.25) is 4.57 Å². The van der Waals surface area contributed by atoms with E-state index in [1.807, 2.05) is 18.2 Å². The molecule has 4 rings (SSSR count). The lowest BCUT2D eigenvalue weighted by Gasteiger charge is -2.34. The molecule has 25 heavy (non-hydrogen) atoms. The maximum absolute atomic E-state index is 11.7. The lowest BCUT2D eigenvalue weighted by atomic mass is 10.00. The van der Waals surface area contributed by atoms with Gasteiger partial charge in [-0.15, -0.1) is 0 Å². The third-order valence-corrected chi connectivity index (χ3v) is 4.69. The average molecular weight is 334 g/mol. The summed E-state index contributed by atoms with van der Waals surface area (Å²) in [5, 5.41) is 0.800. The Morgan fingerprint density at radius 3 is 2.80 bits per heavy atom. The van der Waals surface area contributed by atoms with E-state index in [9.17, 15) is 4.79 Å². The van der Waals surface area contributed by atoms with Crippen LogP contribution in [0, 0.1) is 6.07 Å². The van der Waals surface area contributed by atoms with Gasteiger partial charge in [0.05, 0.1) is 11.1 Å². The zero-order valence-electron chi connectivity index (χ0n) is 13.9. The summed E-state index contributed by atoms with van der Waals surface area (Å²) in [6.07, 6.45) is 5.43. The first-order valence-electron chi connectivity index (χ1n) is 8.42. The summed E-state index contributed by atoms with van der Waals surface area (Å²) in [4.78, 5) is 18.4. The van der Waals surface area contributed by atoms with E-state index in [2.05, 4.69) is 28.1 Å². The van der Waals surface area contributed by atoms with Gasteiger partial charge in [0.15, 0.2) is 5.65 Å². The number of anilines is 1. The molecule has 127 valence electrons. The second kappa shape index (κ2) is 6.22. The maximum Gasteiger partial charge on any atom is 0.324 e. The third kappa shape index (κ3) is 2.74. The van der Waals surface area contributed by atoms with E-state index in [1.54, 1.807) is 12.4 Å². The van der Waals surface area contributed by atoms with Crippen molar-refractivity contribution in [1.29, 1.82) is 0 Å². The van der Waals surface area contributed by atoms with Gasteiger partial charge >= 0.3 is 6.03 Å². The van der Waals surface area contributed by atoms with Crippen molar-refractivity contribution >= 4 is 22.8 Å². The maximum atomic E-state index is 11.7. The summed E-state index contributed by atoms with van der Waals surface area (Å²) >= 11 is 0. The fourth-order valence-corrected chi connectivity index (χ4v) is 3.54. The van der Waals surface area contributed by atoms with Crippen LogP contribution in [0.2, 0.25) is 0 Å². The minimum absolute atomic E-state index is 0.138. The number of pyridine rings is 1. The Labute approximate surface area is 146 Å². The van der Waals surface area contributed by atoms with Gasteiger partial charge in [0.25, 0.3) is 0 Å². The van der Waals surface area contributed by atoms with E-state index in [-0.39, 0.29) is 6.04 Å². The SMILES string of the molecule is NC(=O)n1c[c]c2c(N3CCC[C@@H](N)C3)c(-c3ccccc3)cnc21. The number of benzene rings is 1. The number of hydrogen-bond acceptors (Lipinski definition) is 4.